The van der Waals surface area contributed by atoms with Gasteiger partial charge in [-0.2, -0.15) is 0 Å². The fraction of sp³-hybridized carbons (Fsp3) is 0.200. The molecule has 0 radical (unpaired) electrons. The zero-order valence-corrected chi connectivity index (χ0v) is 21.0. The molecule has 182 valence electrons. The van der Waals surface area contributed by atoms with Crippen LogP contribution in [0.4, 0.5) is 5.69 Å². The highest BCUT2D eigenvalue weighted by Gasteiger charge is 2.48. The number of amides is 1. The van der Waals surface area contributed by atoms with Crippen LogP contribution in [0.15, 0.2) is 72.4 Å². The second-order valence-electron chi connectivity index (χ2n) is 9.43. The number of aromatic nitrogens is 1. The number of benzene rings is 3. The number of hydrogen-bond donors (Lipinski definition) is 1. The number of para-hydroxylation sites is 1. The number of fused-ring (bicyclic) bond motifs is 1. The van der Waals surface area contributed by atoms with E-state index in [4.69, 9.17) is 4.74 Å². The molecular formula is C30H28N2O4. The molecule has 0 bridgehead atoms. The lowest BCUT2D eigenvalue weighted by molar-refractivity contribution is -0.132. The smallest absolute Gasteiger partial charge is 0.300 e. The van der Waals surface area contributed by atoms with Crippen LogP contribution in [0.3, 0.4) is 0 Å². The molecule has 0 aliphatic carbocycles. The lowest BCUT2D eigenvalue weighted by atomic mass is 9.94. The molecule has 6 nitrogen and oxygen atoms in total. The summed E-state index contributed by atoms with van der Waals surface area (Å²) < 4.78 is 7.47. The van der Waals surface area contributed by atoms with E-state index < -0.39 is 17.7 Å². The fourth-order valence-corrected chi connectivity index (χ4v) is 5.23. The van der Waals surface area contributed by atoms with Gasteiger partial charge in [-0.1, -0.05) is 35.9 Å². The lowest BCUT2D eigenvalue weighted by Gasteiger charge is -2.26. The average Bonchev–Trinajstić information content (AvgIpc) is 3.31. The molecule has 4 aromatic rings. The summed E-state index contributed by atoms with van der Waals surface area (Å²) in [5, 5.41) is 12.5. The van der Waals surface area contributed by atoms with Crippen LogP contribution in [0.2, 0.25) is 0 Å². The van der Waals surface area contributed by atoms with Crippen molar-refractivity contribution in [1.29, 1.82) is 0 Å². The molecular weight excluding hydrogens is 452 g/mol. The Bertz CT molecular complexity index is 1560. The molecule has 1 N–H and O–H groups in total. The Balaban J connectivity index is 1.85. The second kappa shape index (κ2) is 8.72. The number of ketones is 1. The Kier molecular flexibility index (Phi) is 5.67. The van der Waals surface area contributed by atoms with E-state index in [0.29, 0.717) is 17.0 Å². The van der Waals surface area contributed by atoms with Gasteiger partial charge in [0.2, 0.25) is 0 Å². The maximum atomic E-state index is 13.6. The molecule has 1 saturated heterocycles. The van der Waals surface area contributed by atoms with Gasteiger partial charge < -0.3 is 14.4 Å². The van der Waals surface area contributed by atoms with Crippen molar-refractivity contribution in [3.8, 4) is 5.75 Å². The summed E-state index contributed by atoms with van der Waals surface area (Å²) in [7, 11) is 3.44. The van der Waals surface area contributed by atoms with Crippen molar-refractivity contribution < 1.29 is 19.4 Å². The molecule has 0 spiro atoms. The molecule has 1 fully saturated rings. The van der Waals surface area contributed by atoms with Crippen LogP contribution < -0.4 is 9.64 Å². The summed E-state index contributed by atoms with van der Waals surface area (Å²) in [6.07, 6.45) is 1.93. The van der Waals surface area contributed by atoms with Gasteiger partial charge in [0.05, 0.1) is 24.3 Å². The van der Waals surface area contributed by atoms with E-state index in [9.17, 15) is 14.7 Å². The van der Waals surface area contributed by atoms with Crippen LogP contribution >= 0.6 is 0 Å². The highest BCUT2D eigenvalue weighted by atomic mass is 16.5. The molecule has 5 rings (SSSR count). The lowest BCUT2D eigenvalue weighted by Crippen LogP contribution is -2.29. The SMILES string of the molecule is COc1ccc(C)cc1/C(O)=C1\C(=O)C(=O)N(c2cc(C)cc(C)c2)C1c1cn(C)c2ccccc12. The van der Waals surface area contributed by atoms with Crippen LogP contribution in [-0.2, 0) is 16.6 Å². The highest BCUT2D eigenvalue weighted by molar-refractivity contribution is 6.52. The van der Waals surface area contributed by atoms with Crippen molar-refractivity contribution in [3.05, 3.63) is 100 Å². The van der Waals surface area contributed by atoms with E-state index in [1.54, 1.807) is 12.1 Å². The van der Waals surface area contributed by atoms with Crippen molar-refractivity contribution >= 4 is 34.0 Å². The van der Waals surface area contributed by atoms with Gasteiger partial charge >= 0.3 is 0 Å². The van der Waals surface area contributed by atoms with Gasteiger partial charge in [-0.05, 0) is 62.2 Å². The third-order valence-corrected chi connectivity index (χ3v) is 6.76. The van der Waals surface area contributed by atoms with Crippen molar-refractivity contribution in [1.82, 2.24) is 4.57 Å². The predicted octanol–water partition coefficient (Wildman–Crippen LogP) is 5.74. The Labute approximate surface area is 210 Å². The molecule has 2 heterocycles. The van der Waals surface area contributed by atoms with E-state index in [2.05, 4.69) is 0 Å². The highest BCUT2D eigenvalue weighted by Crippen LogP contribution is 2.45. The number of methoxy groups -OCH3 is 1. The van der Waals surface area contributed by atoms with Gasteiger partial charge in [0.15, 0.2) is 0 Å². The first-order chi connectivity index (χ1) is 17.2. The standard InChI is InChI=1S/C30H28N2O4/c1-17-10-11-25(36-5)22(15-17)28(33)26-27(23-16-31(4)24-9-7-6-8-21(23)24)32(30(35)29(26)34)20-13-18(2)12-19(3)14-20/h6-16,27,33H,1-5H3/b28-26+. The van der Waals surface area contributed by atoms with E-state index in [0.717, 1.165) is 33.2 Å². The number of ether oxygens (including phenoxy) is 1. The number of carbonyl (C=O) groups excluding carboxylic acids is 2. The zero-order chi connectivity index (χ0) is 25.7. The third kappa shape index (κ3) is 3.66. The third-order valence-electron chi connectivity index (χ3n) is 6.76. The molecule has 1 aliphatic rings. The van der Waals surface area contributed by atoms with Crippen molar-refractivity contribution in [2.24, 2.45) is 7.05 Å². The van der Waals surface area contributed by atoms with E-state index in [1.165, 1.54) is 12.0 Å². The van der Waals surface area contributed by atoms with Crippen LogP contribution in [0.5, 0.6) is 5.75 Å². The van der Waals surface area contributed by atoms with Crippen molar-refractivity contribution in [2.45, 2.75) is 26.8 Å². The van der Waals surface area contributed by atoms with Gasteiger partial charge in [-0.25, -0.2) is 0 Å². The summed E-state index contributed by atoms with van der Waals surface area (Å²) in [6.45, 7) is 5.81. The largest absolute Gasteiger partial charge is 0.507 e. The summed E-state index contributed by atoms with van der Waals surface area (Å²) in [5.41, 5.74) is 5.60. The Morgan fingerprint density at radius 3 is 2.31 bits per heavy atom. The summed E-state index contributed by atoms with van der Waals surface area (Å²) >= 11 is 0. The molecule has 6 heteroatoms. The number of hydrogen-bond acceptors (Lipinski definition) is 4. The first-order valence-corrected chi connectivity index (χ1v) is 11.8. The minimum Gasteiger partial charge on any atom is -0.507 e. The molecule has 1 aromatic heterocycles. The summed E-state index contributed by atoms with van der Waals surface area (Å²) in [5.74, 6) is -1.23. The van der Waals surface area contributed by atoms with Crippen LogP contribution in [0, 0.1) is 20.8 Å². The maximum Gasteiger partial charge on any atom is 0.300 e. The van der Waals surface area contributed by atoms with E-state index in [-0.39, 0.29) is 11.3 Å². The predicted molar refractivity (Wildman–Crippen MR) is 141 cm³/mol. The van der Waals surface area contributed by atoms with Gasteiger partial charge in [0.25, 0.3) is 11.7 Å². The second-order valence-corrected chi connectivity index (χ2v) is 9.43. The van der Waals surface area contributed by atoms with Gasteiger partial charge in [-0.15, -0.1) is 0 Å². The van der Waals surface area contributed by atoms with Crippen LogP contribution in [0.25, 0.3) is 16.7 Å². The number of aryl methyl sites for hydroxylation is 4. The molecule has 36 heavy (non-hydrogen) atoms. The van der Waals surface area contributed by atoms with Gasteiger partial charge in [0.1, 0.15) is 11.5 Å². The monoisotopic (exact) mass is 480 g/mol. The summed E-state index contributed by atoms with van der Waals surface area (Å²) in [4.78, 5) is 28.8. The van der Waals surface area contributed by atoms with E-state index in [1.807, 2.05) is 87.1 Å². The summed E-state index contributed by atoms with van der Waals surface area (Å²) in [6, 6.07) is 18.2. The number of anilines is 1. The molecule has 1 unspecified atom stereocenters. The number of carbonyl (C=O) groups is 2. The molecule has 3 aromatic carbocycles. The minimum atomic E-state index is -0.817. The topological polar surface area (TPSA) is 71.8 Å². The van der Waals surface area contributed by atoms with Crippen LogP contribution in [0.1, 0.15) is 33.9 Å². The quantitative estimate of drug-likeness (QED) is 0.230. The van der Waals surface area contributed by atoms with Crippen molar-refractivity contribution in [2.75, 3.05) is 12.0 Å². The van der Waals surface area contributed by atoms with Crippen LogP contribution in [-0.4, -0.2) is 28.5 Å². The maximum absolute atomic E-state index is 13.6. The molecule has 1 aliphatic heterocycles. The van der Waals surface area contributed by atoms with Crippen molar-refractivity contribution in [3.63, 3.8) is 0 Å². The number of rotatable bonds is 4. The normalized spacial score (nSPS) is 17.2. The molecule has 0 saturated carbocycles. The van der Waals surface area contributed by atoms with Gasteiger partial charge in [0, 0.05) is 35.4 Å². The first kappa shape index (κ1) is 23.4. The Morgan fingerprint density at radius 1 is 0.917 bits per heavy atom. The minimum absolute atomic E-state index is 0.0411. The first-order valence-electron chi connectivity index (χ1n) is 11.8. The molecule has 1 atom stereocenters. The number of Topliss-reactive ketones (excluding diaryl/α,β-unsaturated/α-hetero) is 1. The Hall–Kier alpha value is -4.32. The Morgan fingerprint density at radius 2 is 1.61 bits per heavy atom. The fourth-order valence-electron chi connectivity index (χ4n) is 5.23. The zero-order valence-electron chi connectivity index (χ0n) is 21.0. The van der Waals surface area contributed by atoms with E-state index >= 15 is 0 Å². The van der Waals surface area contributed by atoms with Gasteiger partial charge in [-0.3, -0.25) is 14.5 Å². The number of nitrogens with zero attached hydrogens (tertiary/aromatic N) is 2. The number of aliphatic hydroxyl groups excluding tert-OH is 1. The average molecular weight is 481 g/mol. The number of aliphatic hydroxyl groups is 1. The molecule has 1 amide bonds.